The number of rotatable bonds is 6. The highest BCUT2D eigenvalue weighted by atomic mass is 15.1. The molecule has 0 atom stereocenters. The third-order valence-corrected chi connectivity index (χ3v) is 3.97. The summed E-state index contributed by atoms with van der Waals surface area (Å²) in [5.74, 6) is 2.86. The molecule has 0 radical (unpaired) electrons. The number of aromatic nitrogens is 2. The molecule has 4 heteroatoms. The average molecular weight is 264 g/mol. The molecule has 0 bridgehead atoms. The van der Waals surface area contributed by atoms with Crippen LogP contribution in [-0.2, 0) is 0 Å². The van der Waals surface area contributed by atoms with E-state index in [1.807, 2.05) is 7.05 Å². The third kappa shape index (κ3) is 3.82. The van der Waals surface area contributed by atoms with Crippen LogP contribution in [0.3, 0.4) is 0 Å². The van der Waals surface area contributed by atoms with Crippen LogP contribution in [0.25, 0.3) is 0 Å². The number of nitrogens with one attached hydrogen (secondary N) is 2. The highest BCUT2D eigenvalue weighted by molar-refractivity contribution is 5.58. The van der Waals surface area contributed by atoms with Gasteiger partial charge in [0.25, 0.3) is 0 Å². The van der Waals surface area contributed by atoms with Gasteiger partial charge in [0, 0.05) is 19.2 Å². The van der Waals surface area contributed by atoms with Crippen molar-refractivity contribution in [3.05, 3.63) is 11.9 Å². The molecule has 0 aromatic carbocycles. The predicted octanol–water partition coefficient (Wildman–Crippen LogP) is 3.74. The van der Waals surface area contributed by atoms with Gasteiger partial charge in [-0.15, -0.1) is 0 Å². The smallest absolute Gasteiger partial charge is 0.135 e. The second-order valence-electron chi connectivity index (χ2n) is 6.39. The molecule has 1 aromatic rings. The zero-order valence-corrected chi connectivity index (χ0v) is 13.3. The van der Waals surface area contributed by atoms with Crippen molar-refractivity contribution in [2.45, 2.75) is 47.5 Å². The molecule has 0 unspecified atom stereocenters. The van der Waals surface area contributed by atoms with Gasteiger partial charge in [0.2, 0.25) is 0 Å². The highest BCUT2D eigenvalue weighted by Gasteiger charge is 2.23. The van der Waals surface area contributed by atoms with Gasteiger partial charge >= 0.3 is 0 Å². The second kappa shape index (κ2) is 6.22. The van der Waals surface area contributed by atoms with E-state index in [-0.39, 0.29) is 5.41 Å². The summed E-state index contributed by atoms with van der Waals surface area (Å²) >= 11 is 0. The molecule has 0 saturated heterocycles. The van der Waals surface area contributed by atoms with Gasteiger partial charge in [0.15, 0.2) is 0 Å². The maximum absolute atomic E-state index is 4.41. The van der Waals surface area contributed by atoms with Crippen molar-refractivity contribution in [2.24, 2.45) is 11.3 Å². The highest BCUT2D eigenvalue weighted by Crippen LogP contribution is 2.30. The monoisotopic (exact) mass is 264 g/mol. The lowest BCUT2D eigenvalue weighted by Crippen LogP contribution is -2.29. The number of nitrogens with zero attached hydrogens (tertiary/aromatic N) is 2. The number of hydrogen-bond acceptors (Lipinski definition) is 4. The molecular formula is C15H28N4. The maximum Gasteiger partial charge on any atom is 0.135 e. The first-order valence-electron chi connectivity index (χ1n) is 7.06. The molecule has 1 rings (SSSR count). The molecule has 0 aliphatic rings. The van der Waals surface area contributed by atoms with Gasteiger partial charge in [-0.05, 0) is 17.3 Å². The van der Waals surface area contributed by atoms with Crippen molar-refractivity contribution in [3.63, 3.8) is 0 Å². The van der Waals surface area contributed by atoms with E-state index < -0.39 is 0 Å². The number of anilines is 2. The van der Waals surface area contributed by atoms with Gasteiger partial charge < -0.3 is 10.6 Å². The first-order valence-corrected chi connectivity index (χ1v) is 7.06. The van der Waals surface area contributed by atoms with Gasteiger partial charge in [-0.1, -0.05) is 41.5 Å². The first-order chi connectivity index (χ1) is 8.79. The minimum absolute atomic E-state index is 0.235. The minimum atomic E-state index is 0.235. The van der Waals surface area contributed by atoms with E-state index in [1.54, 1.807) is 6.33 Å². The van der Waals surface area contributed by atoms with Gasteiger partial charge in [-0.25, -0.2) is 9.97 Å². The molecule has 1 aromatic heterocycles. The van der Waals surface area contributed by atoms with Crippen LogP contribution in [0.1, 0.15) is 53.0 Å². The third-order valence-electron chi connectivity index (χ3n) is 3.97. The molecule has 108 valence electrons. The summed E-state index contributed by atoms with van der Waals surface area (Å²) in [7, 11) is 1.90. The standard InChI is InChI=1S/C15H28N4/c1-10(2)12-13(16-7)18-9-19-14(12)17-8-15(5,6)11(3)4/h9-11H,8H2,1-7H3,(H2,16,17,18,19). The fraction of sp³-hybridized carbons (Fsp3) is 0.733. The van der Waals surface area contributed by atoms with E-state index in [0.29, 0.717) is 11.8 Å². The maximum atomic E-state index is 4.41. The van der Waals surface area contributed by atoms with Crippen molar-refractivity contribution >= 4 is 11.6 Å². The van der Waals surface area contributed by atoms with E-state index in [0.717, 1.165) is 23.7 Å². The Morgan fingerprint density at radius 2 is 1.68 bits per heavy atom. The first kappa shape index (κ1) is 15.7. The molecule has 2 N–H and O–H groups in total. The Morgan fingerprint density at radius 1 is 1.11 bits per heavy atom. The van der Waals surface area contributed by atoms with Gasteiger partial charge in [0.1, 0.15) is 18.0 Å². The summed E-state index contributed by atoms with van der Waals surface area (Å²) in [6.07, 6.45) is 1.61. The van der Waals surface area contributed by atoms with Crippen molar-refractivity contribution in [1.82, 2.24) is 9.97 Å². The fourth-order valence-electron chi connectivity index (χ4n) is 1.80. The van der Waals surface area contributed by atoms with Crippen LogP contribution in [0.4, 0.5) is 11.6 Å². The molecule has 4 nitrogen and oxygen atoms in total. The largest absolute Gasteiger partial charge is 0.373 e. The lowest BCUT2D eigenvalue weighted by Gasteiger charge is -2.30. The predicted molar refractivity (Wildman–Crippen MR) is 82.8 cm³/mol. The van der Waals surface area contributed by atoms with Crippen molar-refractivity contribution in [3.8, 4) is 0 Å². The van der Waals surface area contributed by atoms with Gasteiger partial charge in [-0.2, -0.15) is 0 Å². The van der Waals surface area contributed by atoms with Crippen LogP contribution in [0.15, 0.2) is 6.33 Å². The van der Waals surface area contributed by atoms with Crippen LogP contribution in [0.2, 0.25) is 0 Å². The quantitative estimate of drug-likeness (QED) is 0.822. The Balaban J connectivity index is 2.96. The van der Waals surface area contributed by atoms with Crippen LogP contribution in [0.5, 0.6) is 0 Å². The SMILES string of the molecule is CNc1ncnc(NCC(C)(C)C(C)C)c1C(C)C. The topological polar surface area (TPSA) is 49.8 Å². The molecular weight excluding hydrogens is 236 g/mol. The summed E-state index contributed by atoms with van der Waals surface area (Å²) in [6.45, 7) is 14.3. The normalized spacial score (nSPS) is 12.1. The molecule has 0 fully saturated rings. The summed E-state index contributed by atoms with van der Waals surface area (Å²) < 4.78 is 0. The average Bonchev–Trinajstić information content (AvgIpc) is 2.35. The van der Waals surface area contributed by atoms with E-state index >= 15 is 0 Å². The zero-order valence-electron chi connectivity index (χ0n) is 13.3. The minimum Gasteiger partial charge on any atom is -0.373 e. The van der Waals surface area contributed by atoms with Gasteiger partial charge in [-0.3, -0.25) is 0 Å². The number of hydrogen-bond donors (Lipinski definition) is 2. The Hall–Kier alpha value is -1.32. The molecule has 0 spiro atoms. The van der Waals surface area contributed by atoms with Crippen molar-refractivity contribution < 1.29 is 0 Å². The summed E-state index contributed by atoms with van der Waals surface area (Å²) in [6, 6.07) is 0. The molecule has 0 saturated carbocycles. The molecule has 0 amide bonds. The molecule has 1 heterocycles. The van der Waals surface area contributed by atoms with Gasteiger partial charge in [0.05, 0.1) is 0 Å². The van der Waals surface area contributed by atoms with E-state index in [2.05, 4.69) is 62.1 Å². The van der Waals surface area contributed by atoms with E-state index in [1.165, 1.54) is 0 Å². The Bertz CT molecular complexity index is 411. The lowest BCUT2D eigenvalue weighted by atomic mass is 9.81. The van der Waals surface area contributed by atoms with E-state index in [4.69, 9.17) is 0 Å². The van der Waals surface area contributed by atoms with Crippen molar-refractivity contribution in [2.75, 3.05) is 24.2 Å². The summed E-state index contributed by atoms with van der Waals surface area (Å²) in [5, 5.41) is 6.65. The Labute approximate surface area is 117 Å². The van der Waals surface area contributed by atoms with Crippen LogP contribution >= 0.6 is 0 Å². The molecule has 0 aliphatic heterocycles. The lowest BCUT2D eigenvalue weighted by molar-refractivity contribution is 0.269. The van der Waals surface area contributed by atoms with Crippen LogP contribution < -0.4 is 10.6 Å². The van der Waals surface area contributed by atoms with E-state index in [9.17, 15) is 0 Å². The second-order valence-corrected chi connectivity index (χ2v) is 6.39. The fourth-order valence-corrected chi connectivity index (χ4v) is 1.80. The Morgan fingerprint density at radius 3 is 2.16 bits per heavy atom. The van der Waals surface area contributed by atoms with Crippen LogP contribution in [0, 0.1) is 11.3 Å². The van der Waals surface area contributed by atoms with Crippen LogP contribution in [-0.4, -0.2) is 23.6 Å². The summed E-state index contributed by atoms with van der Waals surface area (Å²) in [4.78, 5) is 8.71. The Kier molecular flexibility index (Phi) is 5.15. The van der Waals surface area contributed by atoms with Crippen molar-refractivity contribution in [1.29, 1.82) is 0 Å². The summed E-state index contributed by atoms with van der Waals surface area (Å²) in [5.41, 5.74) is 1.39. The molecule has 19 heavy (non-hydrogen) atoms. The zero-order chi connectivity index (χ0) is 14.6. The molecule has 0 aliphatic carbocycles.